The van der Waals surface area contributed by atoms with Crippen LogP contribution in [0.15, 0.2) is 12.1 Å². The maximum absolute atomic E-state index is 13.4. The zero-order chi connectivity index (χ0) is 12.6. The van der Waals surface area contributed by atoms with Crippen LogP contribution in [0, 0.1) is 11.6 Å². The molecule has 0 radical (unpaired) electrons. The van der Waals surface area contributed by atoms with E-state index in [-0.39, 0.29) is 16.8 Å². The molecule has 2 rings (SSSR count). The van der Waals surface area contributed by atoms with Gasteiger partial charge in [0.05, 0.1) is 0 Å². The molecule has 0 aliphatic heterocycles. The van der Waals surface area contributed by atoms with Gasteiger partial charge in [-0.2, -0.15) is 0 Å². The third-order valence-electron chi connectivity index (χ3n) is 2.97. The van der Waals surface area contributed by atoms with Crippen molar-refractivity contribution in [3.63, 3.8) is 0 Å². The van der Waals surface area contributed by atoms with E-state index in [1.807, 2.05) is 6.92 Å². The highest BCUT2D eigenvalue weighted by atomic mass is 19.1. The molecule has 1 amide bonds. The lowest BCUT2D eigenvalue weighted by Gasteiger charge is -2.12. The molecule has 92 valence electrons. The van der Waals surface area contributed by atoms with Gasteiger partial charge in [0.1, 0.15) is 17.3 Å². The Morgan fingerprint density at radius 1 is 1.29 bits per heavy atom. The molecule has 17 heavy (non-hydrogen) atoms. The fraction of sp³-hybridized carbons (Fsp3) is 0.417. The SMILES string of the molecule is CNc1c(F)cc(C(=O)NC2(C)CC2)cc1F. The first kappa shape index (κ1) is 11.8. The van der Waals surface area contributed by atoms with E-state index in [9.17, 15) is 13.6 Å². The first-order valence-electron chi connectivity index (χ1n) is 5.44. The lowest BCUT2D eigenvalue weighted by Crippen LogP contribution is -2.34. The molecule has 1 aromatic rings. The van der Waals surface area contributed by atoms with Crippen molar-refractivity contribution >= 4 is 11.6 Å². The van der Waals surface area contributed by atoms with Crippen molar-refractivity contribution in [1.29, 1.82) is 0 Å². The summed E-state index contributed by atoms with van der Waals surface area (Å²) in [7, 11) is 1.42. The number of hydrogen-bond acceptors (Lipinski definition) is 2. The summed E-state index contributed by atoms with van der Waals surface area (Å²) in [4.78, 5) is 11.7. The Morgan fingerprint density at radius 3 is 2.24 bits per heavy atom. The molecule has 0 heterocycles. The van der Waals surface area contributed by atoms with Crippen molar-refractivity contribution in [2.24, 2.45) is 0 Å². The molecule has 2 N–H and O–H groups in total. The van der Waals surface area contributed by atoms with Crippen LogP contribution in [0.1, 0.15) is 30.1 Å². The summed E-state index contributed by atoms with van der Waals surface area (Å²) < 4.78 is 26.9. The van der Waals surface area contributed by atoms with Gasteiger partial charge in [0, 0.05) is 18.2 Å². The van der Waals surface area contributed by atoms with Gasteiger partial charge in [-0.1, -0.05) is 0 Å². The molecule has 0 spiro atoms. The van der Waals surface area contributed by atoms with E-state index in [1.165, 1.54) is 7.05 Å². The molecular weight excluding hydrogens is 226 g/mol. The zero-order valence-corrected chi connectivity index (χ0v) is 9.73. The average molecular weight is 240 g/mol. The fourth-order valence-electron chi connectivity index (χ4n) is 1.60. The van der Waals surface area contributed by atoms with Crippen molar-refractivity contribution in [3.8, 4) is 0 Å². The van der Waals surface area contributed by atoms with Crippen LogP contribution in [-0.2, 0) is 0 Å². The summed E-state index contributed by atoms with van der Waals surface area (Å²) in [6.45, 7) is 1.90. The van der Waals surface area contributed by atoms with Crippen LogP contribution >= 0.6 is 0 Å². The van der Waals surface area contributed by atoms with Crippen LogP contribution in [0.3, 0.4) is 0 Å². The fourth-order valence-corrected chi connectivity index (χ4v) is 1.60. The molecule has 1 aliphatic rings. The van der Waals surface area contributed by atoms with E-state index in [4.69, 9.17) is 0 Å². The van der Waals surface area contributed by atoms with Crippen molar-refractivity contribution in [1.82, 2.24) is 5.32 Å². The topological polar surface area (TPSA) is 41.1 Å². The number of rotatable bonds is 3. The van der Waals surface area contributed by atoms with Gasteiger partial charge in [0.25, 0.3) is 5.91 Å². The number of amides is 1. The maximum Gasteiger partial charge on any atom is 0.251 e. The predicted octanol–water partition coefficient (Wildman–Crippen LogP) is 2.29. The van der Waals surface area contributed by atoms with Crippen LogP contribution < -0.4 is 10.6 Å². The van der Waals surface area contributed by atoms with E-state index in [2.05, 4.69) is 10.6 Å². The number of carbonyl (C=O) groups is 1. The van der Waals surface area contributed by atoms with Crippen LogP contribution in [0.5, 0.6) is 0 Å². The predicted molar refractivity (Wildman–Crippen MR) is 61.0 cm³/mol. The molecule has 0 bridgehead atoms. The van der Waals surface area contributed by atoms with E-state index < -0.39 is 17.5 Å². The van der Waals surface area contributed by atoms with E-state index in [1.54, 1.807) is 0 Å². The molecule has 5 heteroatoms. The molecule has 1 saturated carbocycles. The highest BCUT2D eigenvalue weighted by molar-refractivity contribution is 5.95. The molecule has 3 nitrogen and oxygen atoms in total. The minimum absolute atomic E-state index is 0.00660. The van der Waals surface area contributed by atoms with Gasteiger partial charge >= 0.3 is 0 Å². The molecule has 0 aromatic heterocycles. The highest BCUT2D eigenvalue weighted by Gasteiger charge is 2.38. The molecule has 0 atom stereocenters. The third kappa shape index (κ3) is 2.38. The van der Waals surface area contributed by atoms with Crippen LogP contribution in [0.25, 0.3) is 0 Å². The molecule has 0 unspecified atom stereocenters. The van der Waals surface area contributed by atoms with E-state index in [0.717, 1.165) is 25.0 Å². The number of anilines is 1. The van der Waals surface area contributed by atoms with Gasteiger partial charge in [-0.05, 0) is 31.9 Å². The number of benzene rings is 1. The number of halogens is 2. The Balaban J connectivity index is 2.24. The van der Waals surface area contributed by atoms with E-state index >= 15 is 0 Å². The van der Waals surface area contributed by atoms with Crippen LogP contribution in [0.4, 0.5) is 14.5 Å². The largest absolute Gasteiger partial charge is 0.383 e. The van der Waals surface area contributed by atoms with Gasteiger partial charge in [-0.25, -0.2) is 8.78 Å². The summed E-state index contributed by atoms with van der Waals surface area (Å²) in [6.07, 6.45) is 1.80. The second kappa shape index (κ2) is 3.98. The van der Waals surface area contributed by atoms with Gasteiger partial charge in [-0.15, -0.1) is 0 Å². The van der Waals surface area contributed by atoms with Gasteiger partial charge in [0.15, 0.2) is 0 Å². The van der Waals surface area contributed by atoms with Gasteiger partial charge in [0.2, 0.25) is 0 Å². The summed E-state index contributed by atoms with van der Waals surface area (Å²) in [5.41, 5.74) is -0.419. The standard InChI is InChI=1S/C12H14F2N2O/c1-12(3-4-12)16-11(17)7-5-8(13)10(15-2)9(14)6-7/h5-6,15H,3-4H2,1-2H3,(H,16,17). The summed E-state index contributed by atoms with van der Waals surface area (Å²) in [6, 6.07) is 2.08. The summed E-state index contributed by atoms with van der Waals surface area (Å²) in [5.74, 6) is -1.97. The molecule has 1 aliphatic carbocycles. The number of hydrogen-bond donors (Lipinski definition) is 2. The lowest BCUT2D eigenvalue weighted by atomic mass is 10.1. The maximum atomic E-state index is 13.4. The normalized spacial score (nSPS) is 16.5. The first-order chi connectivity index (χ1) is 7.95. The molecule has 1 aromatic carbocycles. The van der Waals surface area contributed by atoms with Gasteiger partial charge in [-0.3, -0.25) is 4.79 Å². The highest BCUT2D eigenvalue weighted by Crippen LogP contribution is 2.34. The molecular formula is C12H14F2N2O. The van der Waals surface area contributed by atoms with Crippen molar-refractivity contribution in [2.45, 2.75) is 25.3 Å². The molecule has 1 fully saturated rings. The quantitative estimate of drug-likeness (QED) is 0.851. The first-order valence-corrected chi connectivity index (χ1v) is 5.44. The Morgan fingerprint density at radius 2 is 1.82 bits per heavy atom. The lowest BCUT2D eigenvalue weighted by molar-refractivity contribution is 0.0934. The minimum atomic E-state index is -0.765. The van der Waals surface area contributed by atoms with E-state index in [0.29, 0.717) is 0 Å². The molecule has 0 saturated heterocycles. The monoisotopic (exact) mass is 240 g/mol. The third-order valence-corrected chi connectivity index (χ3v) is 2.97. The van der Waals surface area contributed by atoms with Crippen molar-refractivity contribution < 1.29 is 13.6 Å². The Labute approximate surface area is 98.2 Å². The second-order valence-electron chi connectivity index (χ2n) is 4.58. The van der Waals surface area contributed by atoms with Gasteiger partial charge < -0.3 is 10.6 Å². The summed E-state index contributed by atoms with van der Waals surface area (Å²) >= 11 is 0. The Bertz CT molecular complexity index is 447. The average Bonchev–Trinajstić information content (AvgIpc) is 2.95. The van der Waals surface area contributed by atoms with Crippen molar-refractivity contribution in [3.05, 3.63) is 29.3 Å². The number of carbonyl (C=O) groups excluding carboxylic acids is 1. The van der Waals surface area contributed by atoms with Crippen LogP contribution in [0.2, 0.25) is 0 Å². The Kier molecular flexibility index (Phi) is 2.77. The summed E-state index contributed by atoms with van der Waals surface area (Å²) in [5, 5.41) is 5.15. The Hall–Kier alpha value is -1.65. The second-order valence-corrected chi connectivity index (χ2v) is 4.58. The minimum Gasteiger partial charge on any atom is -0.383 e. The van der Waals surface area contributed by atoms with Crippen molar-refractivity contribution in [2.75, 3.05) is 12.4 Å². The van der Waals surface area contributed by atoms with Crippen LogP contribution in [-0.4, -0.2) is 18.5 Å². The number of nitrogens with one attached hydrogen (secondary N) is 2. The smallest absolute Gasteiger partial charge is 0.251 e. The zero-order valence-electron chi connectivity index (χ0n) is 9.73.